The number of carbonyl (C=O) groups is 1. The Hall–Kier alpha value is -1.22. The number of nitrogens with one attached hydrogen (secondary N) is 2. The molecular formula is C11H9Cl2N2O2P. The van der Waals surface area contributed by atoms with Gasteiger partial charge in [0.1, 0.15) is 0 Å². The number of carbonyl (C=O) groups excluding carboxylic acids is 1. The molecule has 0 heterocycles. The van der Waals surface area contributed by atoms with E-state index >= 15 is 0 Å². The fourth-order valence-corrected chi connectivity index (χ4v) is 2.36. The van der Waals surface area contributed by atoms with Crippen LogP contribution in [0.5, 0.6) is 0 Å². The molecule has 0 aliphatic heterocycles. The molecule has 0 aromatic heterocycles. The van der Waals surface area contributed by atoms with Crippen molar-refractivity contribution in [1.29, 1.82) is 0 Å². The summed E-state index contributed by atoms with van der Waals surface area (Å²) < 4.78 is 11.0. The number of amides is 2. The van der Waals surface area contributed by atoms with Crippen LogP contribution in [0.1, 0.15) is 0 Å². The SMILES string of the molecule is O=C(Nc1cccc2ccccc12)NP(=O)(Cl)Cl. The van der Waals surface area contributed by atoms with E-state index in [4.69, 9.17) is 22.5 Å². The van der Waals surface area contributed by atoms with Crippen molar-refractivity contribution < 1.29 is 9.36 Å². The zero-order chi connectivity index (χ0) is 13.2. The molecule has 94 valence electrons. The van der Waals surface area contributed by atoms with Crippen LogP contribution in [0.4, 0.5) is 10.5 Å². The molecule has 0 aliphatic rings. The Balaban J connectivity index is 2.27. The number of anilines is 1. The molecule has 18 heavy (non-hydrogen) atoms. The molecular weight excluding hydrogens is 294 g/mol. The topological polar surface area (TPSA) is 58.2 Å². The van der Waals surface area contributed by atoms with Crippen LogP contribution in [0.3, 0.4) is 0 Å². The van der Waals surface area contributed by atoms with Gasteiger partial charge in [0.15, 0.2) is 0 Å². The lowest BCUT2D eigenvalue weighted by molar-refractivity contribution is 0.256. The van der Waals surface area contributed by atoms with Crippen molar-refractivity contribution in [3.05, 3.63) is 42.5 Å². The Kier molecular flexibility index (Phi) is 3.81. The van der Waals surface area contributed by atoms with Crippen molar-refractivity contribution in [2.45, 2.75) is 0 Å². The van der Waals surface area contributed by atoms with E-state index in [-0.39, 0.29) is 0 Å². The minimum Gasteiger partial charge on any atom is -0.307 e. The summed E-state index contributed by atoms with van der Waals surface area (Å²) in [6.45, 7) is 0. The zero-order valence-electron chi connectivity index (χ0n) is 9.06. The number of halogens is 2. The summed E-state index contributed by atoms with van der Waals surface area (Å²) in [6.07, 6.45) is 0. The first-order valence-electron chi connectivity index (χ1n) is 5.02. The van der Waals surface area contributed by atoms with E-state index in [1.54, 1.807) is 12.1 Å². The lowest BCUT2D eigenvalue weighted by Gasteiger charge is -2.10. The zero-order valence-corrected chi connectivity index (χ0v) is 11.5. The summed E-state index contributed by atoms with van der Waals surface area (Å²) in [5.74, 6) is -3.64. The van der Waals surface area contributed by atoms with Gasteiger partial charge in [0.25, 0.3) is 0 Å². The highest BCUT2D eigenvalue weighted by Crippen LogP contribution is 2.52. The van der Waals surface area contributed by atoms with Gasteiger partial charge >= 0.3 is 12.0 Å². The number of urea groups is 1. The molecule has 0 radical (unpaired) electrons. The summed E-state index contributed by atoms with van der Waals surface area (Å²) in [4.78, 5) is 11.5. The van der Waals surface area contributed by atoms with Gasteiger partial charge < -0.3 is 5.32 Å². The van der Waals surface area contributed by atoms with E-state index in [1.165, 1.54) is 0 Å². The number of hydrogen-bond donors (Lipinski definition) is 2. The summed E-state index contributed by atoms with van der Waals surface area (Å²) in [5.41, 5.74) is 0.590. The van der Waals surface area contributed by atoms with E-state index in [2.05, 4.69) is 5.32 Å². The average molecular weight is 303 g/mol. The highest BCUT2D eigenvalue weighted by atomic mass is 35.9. The Morgan fingerprint density at radius 1 is 1.06 bits per heavy atom. The Bertz CT molecular complexity index is 636. The van der Waals surface area contributed by atoms with Crippen molar-refractivity contribution in [3.8, 4) is 0 Å². The van der Waals surface area contributed by atoms with Gasteiger partial charge in [0.05, 0.1) is 5.69 Å². The van der Waals surface area contributed by atoms with Crippen LogP contribution in [-0.2, 0) is 4.57 Å². The third-order valence-corrected chi connectivity index (χ3v) is 3.24. The first-order valence-corrected chi connectivity index (χ1v) is 8.54. The molecule has 2 aromatic carbocycles. The van der Waals surface area contributed by atoms with Crippen LogP contribution in [0.2, 0.25) is 0 Å². The second-order valence-corrected chi connectivity index (χ2v) is 8.08. The number of hydrogen-bond acceptors (Lipinski definition) is 2. The average Bonchev–Trinajstić information content (AvgIpc) is 2.27. The maximum absolute atomic E-state index is 11.5. The first kappa shape index (κ1) is 13.2. The van der Waals surface area contributed by atoms with Gasteiger partial charge in [-0.25, -0.2) is 4.79 Å². The van der Waals surface area contributed by atoms with E-state index < -0.39 is 12.0 Å². The highest BCUT2D eigenvalue weighted by Gasteiger charge is 2.17. The maximum Gasteiger partial charge on any atom is 0.346 e. The summed E-state index contributed by atoms with van der Waals surface area (Å²) in [6, 6.07) is 12.3. The summed E-state index contributed by atoms with van der Waals surface area (Å²) in [5, 5.41) is 6.37. The monoisotopic (exact) mass is 302 g/mol. The Morgan fingerprint density at radius 3 is 2.44 bits per heavy atom. The van der Waals surface area contributed by atoms with Gasteiger partial charge in [-0.2, -0.15) is 0 Å². The quantitative estimate of drug-likeness (QED) is 0.800. The van der Waals surface area contributed by atoms with Gasteiger partial charge in [-0.15, -0.1) is 0 Å². The molecule has 0 atom stereocenters. The first-order chi connectivity index (χ1) is 8.46. The second kappa shape index (κ2) is 5.19. The molecule has 4 nitrogen and oxygen atoms in total. The molecule has 0 bridgehead atoms. The van der Waals surface area contributed by atoms with Crippen LogP contribution >= 0.6 is 28.5 Å². The largest absolute Gasteiger partial charge is 0.346 e. The molecule has 0 saturated heterocycles. The predicted molar refractivity (Wildman–Crippen MR) is 75.4 cm³/mol. The van der Waals surface area contributed by atoms with Crippen molar-refractivity contribution >= 4 is 51.0 Å². The molecule has 2 amide bonds. The second-order valence-electron chi connectivity index (χ2n) is 3.55. The van der Waals surface area contributed by atoms with Crippen LogP contribution in [0.15, 0.2) is 42.5 Å². The van der Waals surface area contributed by atoms with Crippen LogP contribution in [0.25, 0.3) is 10.8 Å². The number of rotatable bonds is 2. The third-order valence-electron chi connectivity index (χ3n) is 2.27. The van der Waals surface area contributed by atoms with E-state index in [0.29, 0.717) is 5.69 Å². The minimum absolute atomic E-state index is 0.590. The van der Waals surface area contributed by atoms with Gasteiger partial charge in [-0.05, 0) is 33.9 Å². The van der Waals surface area contributed by atoms with Crippen LogP contribution in [-0.4, -0.2) is 6.03 Å². The molecule has 2 aromatic rings. The standard InChI is InChI=1S/C11H9Cl2N2O2P/c12-18(13,17)15-11(16)14-10-7-3-5-8-4-1-2-6-9(8)10/h1-7H,(H2,14,15,16,17). The molecule has 0 spiro atoms. The molecule has 0 fully saturated rings. The van der Waals surface area contributed by atoms with Gasteiger partial charge in [-0.3, -0.25) is 9.65 Å². The molecule has 0 unspecified atom stereocenters. The molecule has 0 saturated carbocycles. The van der Waals surface area contributed by atoms with Gasteiger partial charge in [0, 0.05) is 5.39 Å². The molecule has 2 N–H and O–H groups in total. The smallest absolute Gasteiger partial charge is 0.307 e. The van der Waals surface area contributed by atoms with Gasteiger partial charge in [0.2, 0.25) is 0 Å². The summed E-state index contributed by atoms with van der Waals surface area (Å²) >= 11 is 10.5. The predicted octanol–water partition coefficient (Wildman–Crippen LogP) is 4.55. The fourth-order valence-electron chi connectivity index (χ4n) is 1.60. The molecule has 0 aliphatic carbocycles. The van der Waals surface area contributed by atoms with Gasteiger partial charge in [-0.1, -0.05) is 36.4 Å². The molecule has 2 rings (SSSR count). The van der Waals surface area contributed by atoms with Crippen LogP contribution in [0, 0.1) is 0 Å². The Labute approximate surface area is 113 Å². The summed E-state index contributed by atoms with van der Waals surface area (Å²) in [7, 11) is 0. The normalized spacial score (nSPS) is 11.2. The van der Waals surface area contributed by atoms with E-state index in [9.17, 15) is 9.36 Å². The highest BCUT2D eigenvalue weighted by molar-refractivity contribution is 8.07. The van der Waals surface area contributed by atoms with E-state index in [1.807, 2.05) is 35.4 Å². The maximum atomic E-state index is 11.5. The minimum atomic E-state index is -3.64. The van der Waals surface area contributed by atoms with Crippen molar-refractivity contribution in [3.63, 3.8) is 0 Å². The molecule has 7 heteroatoms. The van der Waals surface area contributed by atoms with Crippen LogP contribution < -0.4 is 10.4 Å². The fraction of sp³-hybridized carbons (Fsp3) is 0. The lowest BCUT2D eigenvalue weighted by atomic mass is 10.1. The number of benzene rings is 2. The lowest BCUT2D eigenvalue weighted by Crippen LogP contribution is -2.23. The van der Waals surface area contributed by atoms with E-state index in [0.717, 1.165) is 10.8 Å². The third kappa shape index (κ3) is 3.39. The number of fused-ring (bicyclic) bond motifs is 1. The van der Waals surface area contributed by atoms with Crippen molar-refractivity contribution in [2.75, 3.05) is 5.32 Å². The van der Waals surface area contributed by atoms with Crippen molar-refractivity contribution in [2.24, 2.45) is 0 Å². The Morgan fingerprint density at radius 2 is 1.72 bits per heavy atom. The van der Waals surface area contributed by atoms with Crippen molar-refractivity contribution in [1.82, 2.24) is 5.09 Å².